The molecule has 104 valence electrons. The van der Waals surface area contributed by atoms with Gasteiger partial charge < -0.3 is 9.52 Å². The van der Waals surface area contributed by atoms with Crippen LogP contribution in [0.5, 0.6) is 0 Å². The van der Waals surface area contributed by atoms with Crippen molar-refractivity contribution in [3.05, 3.63) is 36.1 Å². The third kappa shape index (κ3) is 2.10. The Bertz CT molecular complexity index is 630. The summed E-state index contributed by atoms with van der Waals surface area (Å²) in [5.74, 6) is 0. The molecule has 1 saturated carbocycles. The Morgan fingerprint density at radius 1 is 1.15 bits per heavy atom. The van der Waals surface area contributed by atoms with Gasteiger partial charge in [-0.2, -0.15) is 5.26 Å². The SMILES string of the molecule is N#CC1(C(O)c2coc3ccccc23)CCCCCC1. The molecule has 0 radical (unpaired) electrons. The van der Waals surface area contributed by atoms with Crippen LogP contribution in [0.3, 0.4) is 0 Å². The van der Waals surface area contributed by atoms with E-state index in [4.69, 9.17) is 4.42 Å². The average Bonchev–Trinajstić information content (AvgIpc) is 2.76. The normalized spacial score (nSPS) is 20.2. The van der Waals surface area contributed by atoms with Gasteiger partial charge in [-0.1, -0.05) is 43.9 Å². The minimum absolute atomic E-state index is 0.664. The van der Waals surface area contributed by atoms with Crippen molar-refractivity contribution in [1.82, 2.24) is 0 Å². The monoisotopic (exact) mass is 269 g/mol. The molecule has 0 amide bonds. The van der Waals surface area contributed by atoms with Gasteiger partial charge in [0.05, 0.1) is 17.7 Å². The standard InChI is InChI=1S/C17H19NO2/c18-12-17(9-5-1-2-6-10-17)16(19)14-11-20-15-8-4-3-7-13(14)15/h3-4,7-8,11,16,19H,1-2,5-6,9-10H2. The summed E-state index contributed by atoms with van der Waals surface area (Å²) in [4.78, 5) is 0. The highest BCUT2D eigenvalue weighted by molar-refractivity contribution is 5.81. The van der Waals surface area contributed by atoms with Crippen molar-refractivity contribution in [2.45, 2.75) is 44.6 Å². The van der Waals surface area contributed by atoms with Crippen molar-refractivity contribution in [3.63, 3.8) is 0 Å². The summed E-state index contributed by atoms with van der Waals surface area (Å²) in [5, 5.41) is 21.4. The second-order valence-corrected chi connectivity index (χ2v) is 5.77. The van der Waals surface area contributed by atoms with Crippen LogP contribution in [0.2, 0.25) is 0 Å². The van der Waals surface area contributed by atoms with Gasteiger partial charge in [0.15, 0.2) is 0 Å². The molecule has 0 spiro atoms. The fourth-order valence-electron chi connectivity index (χ4n) is 3.31. The molecule has 1 aromatic carbocycles. The van der Waals surface area contributed by atoms with Gasteiger partial charge in [0.25, 0.3) is 0 Å². The lowest BCUT2D eigenvalue weighted by molar-refractivity contribution is 0.0521. The van der Waals surface area contributed by atoms with E-state index in [-0.39, 0.29) is 0 Å². The molecule has 1 atom stereocenters. The summed E-state index contributed by atoms with van der Waals surface area (Å²) < 4.78 is 5.51. The van der Waals surface area contributed by atoms with E-state index in [9.17, 15) is 10.4 Å². The van der Waals surface area contributed by atoms with Gasteiger partial charge in [-0.05, 0) is 18.9 Å². The number of para-hydroxylation sites is 1. The molecule has 1 aliphatic rings. The first-order valence-electron chi connectivity index (χ1n) is 7.32. The minimum Gasteiger partial charge on any atom is -0.464 e. The number of benzene rings is 1. The third-order valence-electron chi connectivity index (χ3n) is 4.55. The Kier molecular flexibility index (Phi) is 3.50. The van der Waals surface area contributed by atoms with Crippen LogP contribution in [0.15, 0.2) is 34.9 Å². The average molecular weight is 269 g/mol. The maximum atomic E-state index is 10.8. The molecule has 3 heteroatoms. The summed E-state index contributed by atoms with van der Waals surface area (Å²) in [7, 11) is 0. The van der Waals surface area contributed by atoms with Crippen LogP contribution in [0.25, 0.3) is 11.0 Å². The van der Waals surface area contributed by atoms with Crippen LogP contribution in [0.1, 0.15) is 50.2 Å². The molecule has 2 aromatic rings. The zero-order valence-corrected chi connectivity index (χ0v) is 11.5. The van der Waals surface area contributed by atoms with E-state index in [1.54, 1.807) is 6.26 Å². The second-order valence-electron chi connectivity index (χ2n) is 5.77. The quantitative estimate of drug-likeness (QED) is 0.825. The molecule has 1 fully saturated rings. The van der Waals surface area contributed by atoms with Crippen molar-refractivity contribution >= 4 is 11.0 Å². The highest BCUT2D eigenvalue weighted by Gasteiger charge is 2.40. The van der Waals surface area contributed by atoms with Gasteiger partial charge in [-0.3, -0.25) is 0 Å². The van der Waals surface area contributed by atoms with Crippen molar-refractivity contribution in [3.8, 4) is 6.07 Å². The molecule has 0 saturated heterocycles. The molecule has 0 aliphatic heterocycles. The van der Waals surface area contributed by atoms with Gasteiger partial charge in [0.2, 0.25) is 0 Å². The second kappa shape index (κ2) is 5.30. The summed E-state index contributed by atoms with van der Waals surface area (Å²) in [6.07, 6.45) is 6.72. The molecule has 3 nitrogen and oxygen atoms in total. The molecule has 20 heavy (non-hydrogen) atoms. The number of aliphatic hydroxyl groups excluding tert-OH is 1. The van der Waals surface area contributed by atoms with Crippen LogP contribution in [-0.4, -0.2) is 5.11 Å². The molecule has 1 N–H and O–H groups in total. The smallest absolute Gasteiger partial charge is 0.134 e. The predicted molar refractivity (Wildman–Crippen MR) is 76.9 cm³/mol. The first-order chi connectivity index (χ1) is 9.77. The first-order valence-corrected chi connectivity index (χ1v) is 7.32. The lowest BCUT2D eigenvalue weighted by Gasteiger charge is -2.30. The van der Waals surface area contributed by atoms with Crippen molar-refractivity contribution in [1.29, 1.82) is 5.26 Å². The highest BCUT2D eigenvalue weighted by atomic mass is 16.3. The van der Waals surface area contributed by atoms with E-state index in [2.05, 4.69) is 6.07 Å². The van der Waals surface area contributed by atoms with E-state index < -0.39 is 11.5 Å². The zero-order valence-electron chi connectivity index (χ0n) is 11.5. The number of hydrogen-bond donors (Lipinski definition) is 1. The molecular formula is C17H19NO2. The van der Waals surface area contributed by atoms with Gasteiger partial charge in [0, 0.05) is 10.9 Å². The topological polar surface area (TPSA) is 57.2 Å². The van der Waals surface area contributed by atoms with E-state index in [0.29, 0.717) is 0 Å². The zero-order chi connectivity index (χ0) is 14.0. The van der Waals surface area contributed by atoms with E-state index in [1.165, 1.54) is 0 Å². The van der Waals surface area contributed by atoms with Crippen LogP contribution >= 0.6 is 0 Å². The van der Waals surface area contributed by atoms with E-state index in [0.717, 1.165) is 55.1 Å². The fourth-order valence-corrected chi connectivity index (χ4v) is 3.31. The Morgan fingerprint density at radius 3 is 2.55 bits per heavy atom. The van der Waals surface area contributed by atoms with E-state index >= 15 is 0 Å². The summed E-state index contributed by atoms with van der Waals surface area (Å²) in [5.41, 5.74) is 0.857. The van der Waals surface area contributed by atoms with Gasteiger partial charge in [-0.15, -0.1) is 0 Å². The fraction of sp³-hybridized carbons (Fsp3) is 0.471. The number of hydrogen-bond acceptors (Lipinski definition) is 3. The molecular weight excluding hydrogens is 250 g/mol. The maximum Gasteiger partial charge on any atom is 0.134 e. The lowest BCUT2D eigenvalue weighted by atomic mass is 9.74. The maximum absolute atomic E-state index is 10.8. The first kappa shape index (κ1) is 13.2. The Hall–Kier alpha value is -1.79. The molecule has 0 bridgehead atoms. The van der Waals surface area contributed by atoms with Crippen LogP contribution in [0.4, 0.5) is 0 Å². The Labute approximate surface area is 118 Å². The molecule has 1 aromatic heterocycles. The molecule has 1 aliphatic carbocycles. The van der Waals surface area contributed by atoms with Crippen LogP contribution in [0, 0.1) is 16.7 Å². The number of furan rings is 1. The Morgan fingerprint density at radius 2 is 1.85 bits per heavy atom. The molecule has 3 rings (SSSR count). The van der Waals surface area contributed by atoms with Crippen LogP contribution < -0.4 is 0 Å². The number of nitrogens with zero attached hydrogens (tertiary/aromatic N) is 1. The Balaban J connectivity index is 2.01. The number of aliphatic hydroxyl groups is 1. The molecule has 1 unspecified atom stereocenters. The van der Waals surface area contributed by atoms with Crippen molar-refractivity contribution in [2.24, 2.45) is 5.41 Å². The summed E-state index contributed by atoms with van der Waals surface area (Å²) in [6, 6.07) is 10.1. The van der Waals surface area contributed by atoms with Gasteiger partial charge in [0.1, 0.15) is 11.7 Å². The number of fused-ring (bicyclic) bond motifs is 1. The summed E-state index contributed by atoms with van der Waals surface area (Å²) in [6.45, 7) is 0. The largest absolute Gasteiger partial charge is 0.464 e. The highest BCUT2D eigenvalue weighted by Crippen LogP contribution is 2.46. The number of rotatable bonds is 2. The summed E-state index contributed by atoms with van der Waals surface area (Å²) >= 11 is 0. The van der Waals surface area contributed by atoms with E-state index in [1.807, 2.05) is 24.3 Å². The van der Waals surface area contributed by atoms with Gasteiger partial charge >= 0.3 is 0 Å². The van der Waals surface area contributed by atoms with Crippen LogP contribution in [-0.2, 0) is 0 Å². The minimum atomic E-state index is -0.769. The number of nitriles is 1. The van der Waals surface area contributed by atoms with Gasteiger partial charge in [-0.25, -0.2) is 0 Å². The lowest BCUT2D eigenvalue weighted by Crippen LogP contribution is -2.26. The van der Waals surface area contributed by atoms with Crippen molar-refractivity contribution < 1.29 is 9.52 Å². The molecule has 1 heterocycles. The van der Waals surface area contributed by atoms with Crippen molar-refractivity contribution in [2.75, 3.05) is 0 Å². The predicted octanol–water partition coefficient (Wildman–Crippen LogP) is 4.33. The third-order valence-corrected chi connectivity index (χ3v) is 4.55.